The second kappa shape index (κ2) is 11.4. The molecule has 1 aliphatic heterocycles. The van der Waals surface area contributed by atoms with Crippen LogP contribution >= 0.6 is 0 Å². The Labute approximate surface area is 205 Å². The zero-order valence-corrected chi connectivity index (χ0v) is 20.3. The first-order valence-corrected chi connectivity index (χ1v) is 11.7. The van der Waals surface area contributed by atoms with E-state index in [1.165, 1.54) is 47.0 Å². The third-order valence-corrected chi connectivity index (χ3v) is 5.92. The number of amides is 2. The van der Waals surface area contributed by atoms with Crippen LogP contribution in [0, 0.1) is 0 Å². The first-order valence-electron chi connectivity index (χ1n) is 11.7. The maximum atomic E-state index is 12.7. The number of nitrogens with one attached hydrogen (secondary N) is 2. The van der Waals surface area contributed by atoms with Crippen LogP contribution in [0.4, 0.5) is 22.0 Å². The number of aromatic nitrogens is 2. The van der Waals surface area contributed by atoms with Crippen molar-refractivity contribution in [1.82, 2.24) is 10.2 Å². The molecule has 9 heteroatoms. The molecule has 0 spiro atoms. The molecule has 0 atom stereocenters. The largest absolute Gasteiger partial charge is 0.493 e. The van der Waals surface area contributed by atoms with E-state index in [0.29, 0.717) is 28.6 Å². The van der Waals surface area contributed by atoms with Gasteiger partial charge in [0.25, 0.3) is 0 Å². The monoisotopic (exact) mass is 477 g/mol. The molecular weight excluding hydrogens is 446 g/mol. The molecule has 2 aromatic carbocycles. The van der Waals surface area contributed by atoms with E-state index in [1.807, 2.05) is 36.4 Å². The fourth-order valence-corrected chi connectivity index (χ4v) is 4.15. The number of anilines is 3. The molecule has 2 N–H and O–H groups in total. The molecular formula is C26H31N5O4. The Bertz CT molecular complexity index is 1120. The second-order valence-corrected chi connectivity index (χ2v) is 8.25. The molecule has 35 heavy (non-hydrogen) atoms. The Morgan fingerprint density at radius 1 is 0.800 bits per heavy atom. The van der Waals surface area contributed by atoms with Gasteiger partial charge >= 0.3 is 6.03 Å². The van der Waals surface area contributed by atoms with E-state index in [9.17, 15) is 4.79 Å². The summed E-state index contributed by atoms with van der Waals surface area (Å²) in [7, 11) is 4.58. The smallest absolute Gasteiger partial charge is 0.323 e. The number of urea groups is 1. The zero-order chi connectivity index (χ0) is 24.6. The van der Waals surface area contributed by atoms with Gasteiger partial charge in [-0.15, -0.1) is 10.2 Å². The first-order chi connectivity index (χ1) is 17.1. The van der Waals surface area contributed by atoms with Crippen LogP contribution in [-0.2, 0) is 0 Å². The predicted octanol–water partition coefficient (Wildman–Crippen LogP) is 5.19. The van der Waals surface area contributed by atoms with Crippen molar-refractivity contribution in [3.63, 3.8) is 0 Å². The quantitative estimate of drug-likeness (QED) is 0.483. The minimum Gasteiger partial charge on any atom is -0.493 e. The maximum absolute atomic E-state index is 12.7. The summed E-state index contributed by atoms with van der Waals surface area (Å²) < 4.78 is 16.0. The number of carbonyl (C=O) groups is 1. The van der Waals surface area contributed by atoms with Crippen molar-refractivity contribution in [3.05, 3.63) is 48.5 Å². The predicted molar refractivity (Wildman–Crippen MR) is 137 cm³/mol. The number of carbonyl (C=O) groups excluding carboxylic acids is 1. The highest BCUT2D eigenvalue weighted by Gasteiger charge is 2.15. The minimum absolute atomic E-state index is 0.404. The lowest BCUT2D eigenvalue weighted by atomic mass is 10.1. The van der Waals surface area contributed by atoms with Gasteiger partial charge in [-0.05, 0) is 37.1 Å². The van der Waals surface area contributed by atoms with Crippen LogP contribution in [0.5, 0.6) is 17.2 Å². The standard InChI is InChI=1S/C26H31N5O4/c1-33-22-16-20(17-23(34-2)25(22)35-3)28-26(32)27-19-10-8-9-18(15-19)21-11-12-24(30-29-21)31-13-6-4-5-7-14-31/h8-12,15-17H,4-7,13-14H2,1-3H3,(H2,27,28,32). The summed E-state index contributed by atoms with van der Waals surface area (Å²) >= 11 is 0. The van der Waals surface area contributed by atoms with E-state index in [-0.39, 0.29) is 0 Å². The summed E-state index contributed by atoms with van der Waals surface area (Å²) in [4.78, 5) is 15.0. The number of hydrogen-bond acceptors (Lipinski definition) is 7. The average molecular weight is 478 g/mol. The molecule has 1 aromatic heterocycles. The van der Waals surface area contributed by atoms with Gasteiger partial charge in [-0.1, -0.05) is 25.0 Å². The minimum atomic E-state index is -0.404. The van der Waals surface area contributed by atoms with Crippen molar-refractivity contribution >= 4 is 23.2 Å². The van der Waals surface area contributed by atoms with Crippen LogP contribution in [0.2, 0.25) is 0 Å². The van der Waals surface area contributed by atoms with Gasteiger partial charge in [-0.3, -0.25) is 0 Å². The highest BCUT2D eigenvalue weighted by Crippen LogP contribution is 2.40. The highest BCUT2D eigenvalue weighted by atomic mass is 16.5. The lowest BCUT2D eigenvalue weighted by molar-refractivity contribution is 0.262. The van der Waals surface area contributed by atoms with Gasteiger partial charge in [0.05, 0.1) is 32.7 Å². The zero-order valence-electron chi connectivity index (χ0n) is 20.3. The molecule has 2 heterocycles. The number of hydrogen-bond donors (Lipinski definition) is 2. The van der Waals surface area contributed by atoms with Gasteiger partial charge in [0.2, 0.25) is 5.75 Å². The van der Waals surface area contributed by atoms with Gasteiger partial charge in [-0.25, -0.2) is 4.79 Å². The molecule has 0 aliphatic carbocycles. The topological polar surface area (TPSA) is 97.8 Å². The number of rotatable bonds is 7. The third kappa shape index (κ3) is 5.92. The van der Waals surface area contributed by atoms with Crippen LogP contribution in [-0.4, -0.2) is 50.6 Å². The van der Waals surface area contributed by atoms with E-state index in [4.69, 9.17) is 14.2 Å². The summed E-state index contributed by atoms with van der Waals surface area (Å²) in [5.74, 6) is 2.27. The Balaban J connectivity index is 1.44. The lowest BCUT2D eigenvalue weighted by Crippen LogP contribution is -2.25. The molecule has 2 amide bonds. The molecule has 0 unspecified atom stereocenters. The number of benzene rings is 2. The van der Waals surface area contributed by atoms with Crippen LogP contribution in [0.25, 0.3) is 11.3 Å². The van der Waals surface area contributed by atoms with Crippen molar-refractivity contribution in [2.75, 3.05) is 50.0 Å². The summed E-state index contributed by atoms with van der Waals surface area (Å²) in [6, 6.07) is 14.4. The van der Waals surface area contributed by atoms with Gasteiger partial charge < -0.3 is 29.7 Å². The summed E-state index contributed by atoms with van der Waals surface area (Å²) in [6.07, 6.45) is 4.93. The molecule has 1 saturated heterocycles. The third-order valence-electron chi connectivity index (χ3n) is 5.92. The van der Waals surface area contributed by atoms with Crippen molar-refractivity contribution in [3.8, 4) is 28.5 Å². The molecule has 4 rings (SSSR count). The average Bonchev–Trinajstić information content (AvgIpc) is 3.18. The molecule has 1 aliphatic rings. The first kappa shape index (κ1) is 24.1. The molecule has 184 valence electrons. The SMILES string of the molecule is COc1cc(NC(=O)Nc2cccc(-c3ccc(N4CCCCCC4)nn3)c2)cc(OC)c1OC. The van der Waals surface area contributed by atoms with Crippen LogP contribution < -0.4 is 29.7 Å². The van der Waals surface area contributed by atoms with Crippen LogP contribution in [0.1, 0.15) is 25.7 Å². The van der Waals surface area contributed by atoms with Crippen molar-refractivity contribution < 1.29 is 19.0 Å². The number of nitrogens with zero attached hydrogens (tertiary/aromatic N) is 3. The van der Waals surface area contributed by atoms with Crippen molar-refractivity contribution in [2.45, 2.75) is 25.7 Å². The molecule has 3 aromatic rings. The number of methoxy groups -OCH3 is 3. The van der Waals surface area contributed by atoms with E-state index in [1.54, 1.807) is 12.1 Å². The molecule has 0 radical (unpaired) electrons. The van der Waals surface area contributed by atoms with E-state index in [0.717, 1.165) is 30.2 Å². The summed E-state index contributed by atoms with van der Waals surface area (Å²) in [5, 5.41) is 14.5. The van der Waals surface area contributed by atoms with Crippen molar-refractivity contribution in [1.29, 1.82) is 0 Å². The Morgan fingerprint density at radius 2 is 1.49 bits per heavy atom. The molecule has 9 nitrogen and oxygen atoms in total. The van der Waals surface area contributed by atoms with Gasteiger partial charge in [0.15, 0.2) is 17.3 Å². The Kier molecular flexibility index (Phi) is 7.87. The van der Waals surface area contributed by atoms with E-state index in [2.05, 4.69) is 25.7 Å². The van der Waals surface area contributed by atoms with Crippen LogP contribution in [0.3, 0.4) is 0 Å². The van der Waals surface area contributed by atoms with E-state index >= 15 is 0 Å². The maximum Gasteiger partial charge on any atom is 0.323 e. The fourth-order valence-electron chi connectivity index (χ4n) is 4.15. The highest BCUT2D eigenvalue weighted by molar-refractivity contribution is 6.00. The summed E-state index contributed by atoms with van der Waals surface area (Å²) in [5.41, 5.74) is 2.75. The molecule has 0 saturated carbocycles. The summed E-state index contributed by atoms with van der Waals surface area (Å²) in [6.45, 7) is 2.04. The molecule has 0 bridgehead atoms. The van der Waals surface area contributed by atoms with Gasteiger partial charge in [-0.2, -0.15) is 0 Å². The van der Waals surface area contributed by atoms with Crippen LogP contribution in [0.15, 0.2) is 48.5 Å². The molecule has 1 fully saturated rings. The lowest BCUT2D eigenvalue weighted by Gasteiger charge is -2.20. The van der Waals surface area contributed by atoms with Gasteiger partial charge in [0, 0.05) is 36.5 Å². The normalized spacial score (nSPS) is 13.5. The number of ether oxygens (including phenoxy) is 3. The Morgan fingerprint density at radius 3 is 2.09 bits per heavy atom. The van der Waals surface area contributed by atoms with Crippen molar-refractivity contribution in [2.24, 2.45) is 0 Å². The van der Waals surface area contributed by atoms with Gasteiger partial charge in [0.1, 0.15) is 0 Å². The fraction of sp³-hybridized carbons (Fsp3) is 0.346. The second-order valence-electron chi connectivity index (χ2n) is 8.25. The van der Waals surface area contributed by atoms with E-state index < -0.39 is 6.03 Å². The Hall–Kier alpha value is -4.01.